The Balaban J connectivity index is 0.00000166. The quantitative estimate of drug-likeness (QED) is 0.602. The fourth-order valence-electron chi connectivity index (χ4n) is 4.44. The van der Waals surface area contributed by atoms with E-state index in [1.54, 1.807) is 0 Å². The number of anilines is 1. The topological polar surface area (TPSA) is 59.1 Å². The Bertz CT molecular complexity index is 695. The van der Waals surface area contributed by atoms with Gasteiger partial charge in [-0.05, 0) is 82.6 Å². The van der Waals surface area contributed by atoms with Gasteiger partial charge in [-0.2, -0.15) is 0 Å². The van der Waals surface area contributed by atoms with Gasteiger partial charge in [0.2, 0.25) is 0 Å². The van der Waals surface area contributed by atoms with Crippen LogP contribution in [-0.4, -0.2) is 55.9 Å². The fourth-order valence-corrected chi connectivity index (χ4v) is 4.44. The Morgan fingerprint density at radius 1 is 0.871 bits per heavy atom. The van der Waals surface area contributed by atoms with Gasteiger partial charge in [-0.25, -0.2) is 9.59 Å². The second-order valence-corrected chi connectivity index (χ2v) is 9.17. The number of benzene rings is 1. The molecule has 0 radical (unpaired) electrons. The van der Waals surface area contributed by atoms with E-state index in [0.29, 0.717) is 11.5 Å². The van der Waals surface area contributed by atoms with Gasteiger partial charge < -0.3 is 19.3 Å². The number of rotatable bonds is 3. The van der Waals surface area contributed by atoms with Gasteiger partial charge in [0.1, 0.15) is 5.60 Å². The van der Waals surface area contributed by atoms with Crippen LogP contribution in [0.3, 0.4) is 0 Å². The van der Waals surface area contributed by atoms with E-state index in [1.807, 2.05) is 63.8 Å². The monoisotopic (exact) mass is 432 g/mol. The molecule has 6 nitrogen and oxygen atoms in total. The number of carbonyl (C=O) groups excluding carboxylic acids is 2. The molecule has 2 saturated heterocycles. The maximum Gasteiger partial charge on any atom is 0.410 e. The lowest BCUT2D eigenvalue weighted by Crippen LogP contribution is -2.44. The van der Waals surface area contributed by atoms with Crippen LogP contribution in [0.15, 0.2) is 24.3 Å². The predicted octanol–water partition coefficient (Wildman–Crippen LogP) is 5.36. The minimum absolute atomic E-state index is 0.179. The summed E-state index contributed by atoms with van der Waals surface area (Å²) in [5.41, 5.74) is 1.31. The molecule has 2 aliphatic heterocycles. The summed E-state index contributed by atoms with van der Waals surface area (Å²) in [4.78, 5) is 28.1. The number of nitrogens with zero attached hydrogens (tertiary/aromatic N) is 2. The number of hydrogen-bond acceptors (Lipinski definition) is 5. The summed E-state index contributed by atoms with van der Waals surface area (Å²) in [7, 11) is 1.40. The Labute approximate surface area is 187 Å². The van der Waals surface area contributed by atoms with Crippen LogP contribution >= 0.6 is 0 Å². The molecule has 0 unspecified atom stereocenters. The third kappa shape index (κ3) is 7.15. The Morgan fingerprint density at radius 3 is 1.81 bits per heavy atom. The number of amides is 1. The lowest BCUT2D eigenvalue weighted by Gasteiger charge is -2.41. The molecular formula is C25H40N2O4. The van der Waals surface area contributed by atoms with E-state index >= 15 is 0 Å². The highest BCUT2D eigenvalue weighted by atomic mass is 16.6. The molecule has 6 heteroatoms. The average Bonchev–Trinajstić information content (AvgIpc) is 2.79. The van der Waals surface area contributed by atoms with E-state index in [1.165, 1.54) is 20.0 Å². The molecule has 0 bridgehead atoms. The highest BCUT2D eigenvalue weighted by Crippen LogP contribution is 2.34. The van der Waals surface area contributed by atoms with Crippen molar-refractivity contribution in [3.63, 3.8) is 0 Å². The van der Waals surface area contributed by atoms with Crippen LogP contribution in [0.2, 0.25) is 0 Å². The molecular weight excluding hydrogens is 392 g/mol. The zero-order chi connectivity index (χ0) is 23.0. The molecule has 2 fully saturated rings. The number of piperidine rings is 2. The minimum atomic E-state index is -0.435. The Hall–Kier alpha value is -2.24. The van der Waals surface area contributed by atoms with Gasteiger partial charge in [0.25, 0.3) is 0 Å². The molecule has 31 heavy (non-hydrogen) atoms. The summed E-state index contributed by atoms with van der Waals surface area (Å²) in [6.07, 6.45) is 4.31. The number of ether oxygens (including phenoxy) is 2. The highest BCUT2D eigenvalue weighted by molar-refractivity contribution is 5.89. The van der Waals surface area contributed by atoms with Gasteiger partial charge in [-0.1, -0.05) is 13.8 Å². The van der Waals surface area contributed by atoms with Crippen molar-refractivity contribution in [2.75, 3.05) is 38.2 Å². The predicted molar refractivity (Wildman–Crippen MR) is 125 cm³/mol. The molecule has 1 aromatic carbocycles. The second-order valence-electron chi connectivity index (χ2n) is 9.17. The van der Waals surface area contributed by atoms with Gasteiger partial charge in [0.15, 0.2) is 0 Å². The van der Waals surface area contributed by atoms with Crippen molar-refractivity contribution in [1.29, 1.82) is 0 Å². The average molecular weight is 433 g/mol. The summed E-state index contributed by atoms with van der Waals surface area (Å²) in [6.45, 7) is 13.4. The fraction of sp³-hybridized carbons (Fsp3) is 0.680. The van der Waals surface area contributed by atoms with E-state index in [4.69, 9.17) is 9.47 Å². The Kier molecular flexibility index (Phi) is 9.20. The van der Waals surface area contributed by atoms with Gasteiger partial charge in [0, 0.05) is 31.9 Å². The van der Waals surface area contributed by atoms with Crippen molar-refractivity contribution in [2.24, 2.45) is 11.8 Å². The highest BCUT2D eigenvalue weighted by Gasteiger charge is 2.32. The molecule has 0 N–H and O–H groups in total. The number of likely N-dealkylation sites (tertiary alicyclic amines) is 1. The van der Waals surface area contributed by atoms with Gasteiger partial charge in [-0.15, -0.1) is 0 Å². The van der Waals surface area contributed by atoms with Crippen LogP contribution in [0.5, 0.6) is 0 Å². The van der Waals surface area contributed by atoms with Gasteiger partial charge in [-0.3, -0.25) is 0 Å². The van der Waals surface area contributed by atoms with Crippen molar-refractivity contribution >= 4 is 17.7 Å². The molecule has 174 valence electrons. The molecule has 0 aromatic heterocycles. The molecule has 2 heterocycles. The number of carbonyl (C=O) groups is 2. The zero-order valence-electron chi connectivity index (χ0n) is 20.1. The third-order valence-electron chi connectivity index (χ3n) is 6.05. The number of esters is 1. The van der Waals surface area contributed by atoms with Crippen molar-refractivity contribution in [2.45, 2.75) is 65.9 Å². The SMILES string of the molecule is CC.COC(=O)c1ccc(N2CCC(C3CCN(C(=O)OC(C)(C)C)CC3)CC2)cc1. The van der Waals surface area contributed by atoms with Crippen LogP contribution in [0.4, 0.5) is 10.5 Å². The van der Waals surface area contributed by atoms with Crippen LogP contribution < -0.4 is 4.90 Å². The Morgan fingerprint density at radius 2 is 1.35 bits per heavy atom. The van der Waals surface area contributed by atoms with Crippen LogP contribution in [0.1, 0.15) is 70.7 Å². The molecule has 0 atom stereocenters. The first-order valence-electron chi connectivity index (χ1n) is 11.7. The summed E-state index contributed by atoms with van der Waals surface area (Å²) in [6, 6.07) is 7.68. The van der Waals surface area contributed by atoms with E-state index in [2.05, 4.69) is 4.90 Å². The maximum absolute atomic E-state index is 12.2. The lowest BCUT2D eigenvalue weighted by atomic mass is 9.79. The second kappa shape index (κ2) is 11.4. The molecule has 0 aliphatic carbocycles. The molecule has 0 saturated carbocycles. The van der Waals surface area contributed by atoms with Crippen LogP contribution in [0.25, 0.3) is 0 Å². The van der Waals surface area contributed by atoms with E-state index in [0.717, 1.165) is 50.6 Å². The molecule has 3 rings (SSSR count). The zero-order valence-corrected chi connectivity index (χ0v) is 20.1. The van der Waals surface area contributed by atoms with E-state index in [9.17, 15) is 9.59 Å². The van der Waals surface area contributed by atoms with Crippen LogP contribution in [-0.2, 0) is 9.47 Å². The summed E-state index contributed by atoms with van der Waals surface area (Å²) in [5.74, 6) is 1.12. The summed E-state index contributed by atoms with van der Waals surface area (Å²) < 4.78 is 10.3. The molecule has 2 aliphatic rings. The standard InChI is InChI=1S/C23H34N2O4.C2H6/c1-23(2,3)29-22(27)25-15-11-18(12-16-25)17-9-13-24(14-10-17)20-7-5-19(6-8-20)21(26)28-4;1-2/h5-8,17-18H,9-16H2,1-4H3;1-2H3. The summed E-state index contributed by atoms with van der Waals surface area (Å²) in [5, 5.41) is 0. The van der Waals surface area contributed by atoms with Crippen molar-refractivity contribution in [3.05, 3.63) is 29.8 Å². The van der Waals surface area contributed by atoms with Gasteiger partial charge >= 0.3 is 12.1 Å². The summed E-state index contributed by atoms with van der Waals surface area (Å²) >= 11 is 0. The largest absolute Gasteiger partial charge is 0.465 e. The normalized spacial score (nSPS) is 18.1. The van der Waals surface area contributed by atoms with Crippen molar-refractivity contribution in [1.82, 2.24) is 4.90 Å². The number of methoxy groups -OCH3 is 1. The third-order valence-corrected chi connectivity index (χ3v) is 6.05. The van der Waals surface area contributed by atoms with Gasteiger partial charge in [0.05, 0.1) is 12.7 Å². The van der Waals surface area contributed by atoms with E-state index in [-0.39, 0.29) is 12.1 Å². The maximum atomic E-state index is 12.2. The first-order chi connectivity index (χ1) is 14.8. The number of hydrogen-bond donors (Lipinski definition) is 0. The minimum Gasteiger partial charge on any atom is -0.465 e. The first kappa shape index (κ1) is 25.0. The molecule has 1 amide bonds. The molecule has 1 aromatic rings. The first-order valence-corrected chi connectivity index (χ1v) is 11.7. The lowest BCUT2D eigenvalue weighted by molar-refractivity contribution is 0.0152. The van der Waals surface area contributed by atoms with Crippen molar-refractivity contribution < 1.29 is 19.1 Å². The smallest absolute Gasteiger partial charge is 0.410 e. The van der Waals surface area contributed by atoms with E-state index < -0.39 is 5.60 Å². The van der Waals surface area contributed by atoms with Crippen molar-refractivity contribution in [3.8, 4) is 0 Å². The van der Waals surface area contributed by atoms with Crippen LogP contribution in [0, 0.1) is 11.8 Å². The molecule has 0 spiro atoms.